The predicted molar refractivity (Wildman–Crippen MR) is 66.5 cm³/mol. The normalized spacial score (nSPS) is 33.9. The zero-order chi connectivity index (χ0) is 12.5. The van der Waals surface area contributed by atoms with E-state index in [4.69, 9.17) is 0 Å². The van der Waals surface area contributed by atoms with Crippen molar-refractivity contribution < 1.29 is 9.90 Å². The summed E-state index contributed by atoms with van der Waals surface area (Å²) in [5, 5.41) is 15.6. The summed E-state index contributed by atoms with van der Waals surface area (Å²) in [5.41, 5.74) is -0.312. The lowest BCUT2D eigenvalue weighted by molar-refractivity contribution is -0.134. The molecule has 0 aromatic carbocycles. The molecule has 98 valence electrons. The largest absolute Gasteiger partial charge is 0.393 e. The number of nitrogens with one attached hydrogen (secondary N) is 2. The molecule has 17 heavy (non-hydrogen) atoms. The summed E-state index contributed by atoms with van der Waals surface area (Å²) in [4.78, 5) is 12.3. The molecule has 1 atom stereocenters. The first kappa shape index (κ1) is 12.8. The minimum atomic E-state index is -0.312. The van der Waals surface area contributed by atoms with Gasteiger partial charge in [0.1, 0.15) is 0 Å². The predicted octanol–water partition coefficient (Wildman–Crippen LogP) is 0.652. The van der Waals surface area contributed by atoms with Crippen LogP contribution in [0.4, 0.5) is 0 Å². The molecule has 1 saturated heterocycles. The van der Waals surface area contributed by atoms with Gasteiger partial charge in [-0.25, -0.2) is 0 Å². The highest BCUT2D eigenvalue weighted by Crippen LogP contribution is 2.33. The number of piperidine rings is 1. The number of aliphatic hydroxyl groups excluding tert-OH is 1. The van der Waals surface area contributed by atoms with Crippen LogP contribution >= 0.6 is 0 Å². The molecule has 4 nitrogen and oxygen atoms in total. The van der Waals surface area contributed by atoms with Gasteiger partial charge in [-0.2, -0.15) is 0 Å². The molecule has 0 spiro atoms. The molecule has 1 unspecified atom stereocenters. The number of hydrogen-bond donors (Lipinski definition) is 3. The highest BCUT2D eigenvalue weighted by Gasteiger charge is 2.39. The van der Waals surface area contributed by atoms with Crippen molar-refractivity contribution in [2.24, 2.45) is 11.3 Å². The number of amides is 1. The van der Waals surface area contributed by atoms with E-state index in [9.17, 15) is 9.90 Å². The van der Waals surface area contributed by atoms with Gasteiger partial charge >= 0.3 is 0 Å². The summed E-state index contributed by atoms with van der Waals surface area (Å²) in [6.07, 6.45) is 3.50. The fourth-order valence-corrected chi connectivity index (χ4v) is 2.73. The van der Waals surface area contributed by atoms with Crippen molar-refractivity contribution in [1.29, 1.82) is 0 Å². The fraction of sp³-hybridized carbons (Fsp3) is 0.923. The Hall–Kier alpha value is -0.610. The standard InChI is InChI=1S/C13H24N2O2/c1-13(2,9-4-3-5-14-8-9)12(17)15-10-6-11(16)7-10/h9-11,14,16H,3-8H2,1-2H3,(H,15,17). The van der Waals surface area contributed by atoms with Crippen molar-refractivity contribution in [3.63, 3.8) is 0 Å². The third kappa shape index (κ3) is 2.80. The van der Waals surface area contributed by atoms with Gasteiger partial charge in [0.15, 0.2) is 0 Å². The Kier molecular flexibility index (Phi) is 3.73. The van der Waals surface area contributed by atoms with Gasteiger partial charge in [-0.1, -0.05) is 13.8 Å². The fourth-order valence-electron chi connectivity index (χ4n) is 2.73. The lowest BCUT2D eigenvalue weighted by atomic mass is 9.73. The van der Waals surface area contributed by atoms with E-state index in [0.717, 1.165) is 25.9 Å². The van der Waals surface area contributed by atoms with Crippen LogP contribution in [0, 0.1) is 11.3 Å². The van der Waals surface area contributed by atoms with Crippen LogP contribution in [0.3, 0.4) is 0 Å². The van der Waals surface area contributed by atoms with Crippen LogP contribution < -0.4 is 10.6 Å². The number of rotatable bonds is 3. The number of hydrogen-bond acceptors (Lipinski definition) is 3. The molecule has 4 heteroatoms. The van der Waals surface area contributed by atoms with Crippen molar-refractivity contribution in [1.82, 2.24) is 10.6 Å². The summed E-state index contributed by atoms with van der Waals surface area (Å²) in [6.45, 7) is 6.08. The van der Waals surface area contributed by atoms with Gasteiger partial charge in [0.25, 0.3) is 0 Å². The monoisotopic (exact) mass is 240 g/mol. The lowest BCUT2D eigenvalue weighted by Gasteiger charge is -2.39. The van der Waals surface area contributed by atoms with E-state index in [1.807, 2.05) is 13.8 Å². The van der Waals surface area contributed by atoms with E-state index in [1.54, 1.807) is 0 Å². The van der Waals surface area contributed by atoms with Gasteiger partial charge in [-0.15, -0.1) is 0 Å². The number of carbonyl (C=O) groups is 1. The lowest BCUT2D eigenvalue weighted by Crippen LogP contribution is -2.53. The molecule has 2 rings (SSSR count). The van der Waals surface area contributed by atoms with Gasteiger partial charge in [-0.05, 0) is 44.7 Å². The molecule has 1 aliphatic carbocycles. The third-order valence-corrected chi connectivity index (χ3v) is 4.35. The summed E-state index contributed by atoms with van der Waals surface area (Å²) in [5.74, 6) is 0.560. The molecule has 2 fully saturated rings. The average molecular weight is 240 g/mol. The topological polar surface area (TPSA) is 61.4 Å². The summed E-state index contributed by atoms with van der Waals surface area (Å²) < 4.78 is 0. The average Bonchev–Trinajstić information content (AvgIpc) is 2.28. The van der Waals surface area contributed by atoms with Crippen LogP contribution in [-0.2, 0) is 4.79 Å². The molecule has 3 N–H and O–H groups in total. The SMILES string of the molecule is CC(C)(C(=O)NC1CC(O)C1)C1CCCNC1. The van der Waals surface area contributed by atoms with Crippen LogP contribution in [0.1, 0.15) is 39.5 Å². The first-order valence-electron chi connectivity index (χ1n) is 6.70. The Morgan fingerprint density at radius 1 is 1.41 bits per heavy atom. The van der Waals surface area contributed by atoms with Gasteiger partial charge in [0.05, 0.1) is 6.10 Å². The van der Waals surface area contributed by atoms with Crippen molar-refractivity contribution in [2.45, 2.75) is 51.7 Å². The molecule has 1 saturated carbocycles. The third-order valence-electron chi connectivity index (χ3n) is 4.35. The molecule has 0 aromatic heterocycles. The highest BCUT2D eigenvalue weighted by atomic mass is 16.3. The molecule has 2 aliphatic rings. The maximum atomic E-state index is 12.3. The van der Waals surface area contributed by atoms with Crippen molar-refractivity contribution in [2.75, 3.05) is 13.1 Å². The Morgan fingerprint density at radius 2 is 2.12 bits per heavy atom. The quantitative estimate of drug-likeness (QED) is 0.679. The van der Waals surface area contributed by atoms with Crippen LogP contribution in [0.15, 0.2) is 0 Å². The van der Waals surface area contributed by atoms with Crippen LogP contribution in [0.2, 0.25) is 0 Å². The number of aliphatic hydroxyl groups is 1. The van der Waals surface area contributed by atoms with Crippen LogP contribution in [-0.4, -0.2) is 36.2 Å². The minimum Gasteiger partial charge on any atom is -0.393 e. The van der Waals surface area contributed by atoms with Gasteiger partial charge < -0.3 is 15.7 Å². The van der Waals surface area contributed by atoms with Crippen molar-refractivity contribution in [3.8, 4) is 0 Å². The second-order valence-corrected chi connectivity index (χ2v) is 6.06. The second kappa shape index (κ2) is 4.94. The minimum absolute atomic E-state index is 0.142. The second-order valence-electron chi connectivity index (χ2n) is 6.06. The van der Waals surface area contributed by atoms with Gasteiger partial charge in [0, 0.05) is 11.5 Å². The molecular weight excluding hydrogens is 216 g/mol. The van der Waals surface area contributed by atoms with Crippen molar-refractivity contribution >= 4 is 5.91 Å². The molecule has 0 bridgehead atoms. The van der Waals surface area contributed by atoms with E-state index in [2.05, 4.69) is 10.6 Å². The molecule has 1 aliphatic heterocycles. The molecule has 0 radical (unpaired) electrons. The van der Waals surface area contributed by atoms with E-state index in [1.165, 1.54) is 0 Å². The molecule has 1 heterocycles. The Morgan fingerprint density at radius 3 is 2.65 bits per heavy atom. The van der Waals surface area contributed by atoms with E-state index >= 15 is 0 Å². The van der Waals surface area contributed by atoms with Gasteiger partial charge in [-0.3, -0.25) is 4.79 Å². The first-order chi connectivity index (χ1) is 8.00. The maximum Gasteiger partial charge on any atom is 0.226 e. The summed E-state index contributed by atoms with van der Waals surface area (Å²) >= 11 is 0. The maximum absolute atomic E-state index is 12.3. The summed E-state index contributed by atoms with van der Waals surface area (Å²) in [6, 6.07) is 0.188. The first-order valence-corrected chi connectivity index (χ1v) is 6.70. The van der Waals surface area contributed by atoms with E-state index in [-0.39, 0.29) is 23.5 Å². The van der Waals surface area contributed by atoms with E-state index in [0.29, 0.717) is 18.8 Å². The van der Waals surface area contributed by atoms with Crippen molar-refractivity contribution in [3.05, 3.63) is 0 Å². The Balaban J connectivity index is 1.87. The Bertz CT molecular complexity index is 279. The zero-order valence-electron chi connectivity index (χ0n) is 10.8. The highest BCUT2D eigenvalue weighted by molar-refractivity contribution is 5.82. The van der Waals surface area contributed by atoms with E-state index < -0.39 is 0 Å². The Labute approximate surface area is 103 Å². The number of carbonyl (C=O) groups excluding carboxylic acids is 1. The molecular formula is C13H24N2O2. The molecule has 1 amide bonds. The molecule has 0 aromatic rings. The smallest absolute Gasteiger partial charge is 0.226 e. The van der Waals surface area contributed by atoms with Gasteiger partial charge in [0.2, 0.25) is 5.91 Å². The van der Waals surface area contributed by atoms with Crippen LogP contribution in [0.5, 0.6) is 0 Å². The van der Waals surface area contributed by atoms with Crippen LogP contribution in [0.25, 0.3) is 0 Å². The zero-order valence-corrected chi connectivity index (χ0v) is 10.8. The summed E-state index contributed by atoms with van der Waals surface area (Å²) in [7, 11) is 0.